The molecule has 0 aromatic heterocycles. The lowest BCUT2D eigenvalue weighted by atomic mass is 10.1. The average molecular weight is 261 g/mol. The van der Waals surface area contributed by atoms with Crippen molar-refractivity contribution in [3.8, 4) is 5.75 Å². The molecule has 0 saturated heterocycles. The predicted molar refractivity (Wildman–Crippen MR) is 58.6 cm³/mol. The second-order valence-corrected chi connectivity index (χ2v) is 3.20. The van der Waals surface area contributed by atoms with E-state index in [1.54, 1.807) is 0 Å². The number of carbonyl (C=O) groups excluding carboxylic acids is 1. The summed E-state index contributed by atoms with van der Waals surface area (Å²) in [6.07, 6.45) is -2.49. The molecule has 2 N–H and O–H groups in total. The quantitative estimate of drug-likeness (QED) is 0.515. The van der Waals surface area contributed by atoms with E-state index in [1.165, 1.54) is 19.3 Å². The summed E-state index contributed by atoms with van der Waals surface area (Å²) in [6, 6.07) is 3.40. The Morgan fingerprint density at radius 2 is 2.06 bits per heavy atom. The number of nitrogen functional groups attached to an aromatic ring is 1. The Morgan fingerprint density at radius 1 is 1.39 bits per heavy atom. The Hall–Kier alpha value is -2.18. The molecule has 18 heavy (non-hydrogen) atoms. The van der Waals surface area contributed by atoms with E-state index < -0.39 is 18.1 Å². The Kier molecular flexibility index (Phi) is 4.19. The van der Waals surface area contributed by atoms with Gasteiger partial charge in [0, 0.05) is 17.3 Å². The van der Waals surface area contributed by atoms with Gasteiger partial charge in [-0.2, -0.15) is 0 Å². The molecule has 0 saturated carbocycles. The van der Waals surface area contributed by atoms with Crippen molar-refractivity contribution < 1.29 is 27.4 Å². The minimum Gasteiger partial charge on any atom is -0.466 e. The first kappa shape index (κ1) is 13.9. The molecule has 0 heterocycles. The van der Waals surface area contributed by atoms with Crippen LogP contribution < -0.4 is 10.5 Å². The molecule has 4 nitrogen and oxygen atoms in total. The largest absolute Gasteiger partial charge is 0.573 e. The van der Waals surface area contributed by atoms with Gasteiger partial charge in [-0.15, -0.1) is 13.2 Å². The van der Waals surface area contributed by atoms with Crippen molar-refractivity contribution >= 4 is 17.7 Å². The van der Waals surface area contributed by atoms with Gasteiger partial charge in [-0.05, 0) is 24.3 Å². The van der Waals surface area contributed by atoms with E-state index in [9.17, 15) is 18.0 Å². The molecule has 1 rings (SSSR count). The first-order valence-corrected chi connectivity index (χ1v) is 4.73. The van der Waals surface area contributed by atoms with Crippen LogP contribution in [-0.2, 0) is 9.53 Å². The highest BCUT2D eigenvalue weighted by molar-refractivity contribution is 5.88. The van der Waals surface area contributed by atoms with Crippen molar-refractivity contribution in [3.05, 3.63) is 29.8 Å². The molecule has 1 aromatic carbocycles. The lowest BCUT2D eigenvalue weighted by Gasteiger charge is -2.10. The number of hydrogen-bond acceptors (Lipinski definition) is 4. The summed E-state index contributed by atoms with van der Waals surface area (Å²) in [7, 11) is 1.18. The minimum absolute atomic E-state index is 0.213. The highest BCUT2D eigenvalue weighted by atomic mass is 19.4. The zero-order valence-electron chi connectivity index (χ0n) is 9.32. The lowest BCUT2D eigenvalue weighted by Crippen LogP contribution is -2.17. The molecule has 0 radical (unpaired) electrons. The smallest absolute Gasteiger partial charge is 0.466 e. The van der Waals surface area contributed by atoms with Crippen molar-refractivity contribution in [2.45, 2.75) is 6.36 Å². The van der Waals surface area contributed by atoms with Gasteiger partial charge in [0.05, 0.1) is 7.11 Å². The Morgan fingerprint density at radius 3 is 2.61 bits per heavy atom. The number of alkyl halides is 3. The fourth-order valence-electron chi connectivity index (χ4n) is 1.12. The lowest BCUT2D eigenvalue weighted by molar-refractivity contribution is -0.274. The number of hydrogen-bond donors (Lipinski definition) is 1. The van der Waals surface area contributed by atoms with E-state index in [1.807, 2.05) is 0 Å². The standard InChI is InChI=1S/C11H10F3NO3/c1-17-10(16)5-2-7-6-8(3-4-9(7)15)18-11(12,13)14/h2-6H,15H2,1H3/b5-2+. The molecule has 98 valence electrons. The van der Waals surface area contributed by atoms with Gasteiger partial charge in [-0.3, -0.25) is 0 Å². The third kappa shape index (κ3) is 4.36. The van der Waals surface area contributed by atoms with Crippen LogP contribution in [-0.4, -0.2) is 19.4 Å². The maximum absolute atomic E-state index is 12.0. The molecule has 1 aromatic rings. The maximum atomic E-state index is 12.0. The fraction of sp³-hybridized carbons (Fsp3) is 0.182. The molecule has 0 amide bonds. The highest BCUT2D eigenvalue weighted by Crippen LogP contribution is 2.26. The summed E-state index contributed by atoms with van der Waals surface area (Å²) in [4.78, 5) is 10.8. The summed E-state index contributed by atoms with van der Waals surface area (Å²) in [5.74, 6) is -1.06. The summed E-state index contributed by atoms with van der Waals surface area (Å²) >= 11 is 0. The second-order valence-electron chi connectivity index (χ2n) is 3.20. The zero-order valence-corrected chi connectivity index (χ0v) is 9.32. The average Bonchev–Trinajstić information content (AvgIpc) is 2.27. The van der Waals surface area contributed by atoms with Crippen molar-refractivity contribution in [2.75, 3.05) is 12.8 Å². The van der Waals surface area contributed by atoms with Crippen LogP contribution in [0.25, 0.3) is 6.08 Å². The summed E-state index contributed by atoms with van der Waals surface area (Å²) < 4.78 is 44.1. The molecular formula is C11H10F3NO3. The van der Waals surface area contributed by atoms with Gasteiger partial charge in [0.1, 0.15) is 5.75 Å². The number of methoxy groups -OCH3 is 1. The monoisotopic (exact) mass is 261 g/mol. The van der Waals surface area contributed by atoms with Crippen LogP contribution in [0, 0.1) is 0 Å². The SMILES string of the molecule is COC(=O)/C=C/c1cc(OC(F)(F)F)ccc1N. The third-order valence-electron chi connectivity index (χ3n) is 1.89. The highest BCUT2D eigenvalue weighted by Gasteiger charge is 2.31. The normalized spacial score (nSPS) is 11.6. The van der Waals surface area contributed by atoms with Crippen LogP contribution >= 0.6 is 0 Å². The Balaban J connectivity index is 2.95. The van der Waals surface area contributed by atoms with Gasteiger partial charge in [-0.25, -0.2) is 4.79 Å². The minimum atomic E-state index is -4.78. The second kappa shape index (κ2) is 5.44. The maximum Gasteiger partial charge on any atom is 0.573 e. The van der Waals surface area contributed by atoms with Crippen molar-refractivity contribution in [2.24, 2.45) is 0 Å². The van der Waals surface area contributed by atoms with Gasteiger partial charge >= 0.3 is 12.3 Å². The first-order valence-electron chi connectivity index (χ1n) is 4.73. The molecule has 0 bridgehead atoms. The molecule has 0 atom stereocenters. The van der Waals surface area contributed by atoms with Crippen LogP contribution in [0.2, 0.25) is 0 Å². The number of carbonyl (C=O) groups is 1. The van der Waals surface area contributed by atoms with Crippen molar-refractivity contribution in [1.29, 1.82) is 0 Å². The van der Waals surface area contributed by atoms with E-state index >= 15 is 0 Å². The topological polar surface area (TPSA) is 61.5 Å². The van der Waals surface area contributed by atoms with E-state index in [0.717, 1.165) is 18.2 Å². The van der Waals surface area contributed by atoms with Gasteiger partial charge in [-0.1, -0.05) is 0 Å². The van der Waals surface area contributed by atoms with E-state index in [0.29, 0.717) is 0 Å². The molecular weight excluding hydrogens is 251 g/mol. The summed E-state index contributed by atoms with van der Waals surface area (Å²) in [5, 5.41) is 0. The molecule has 0 unspecified atom stereocenters. The van der Waals surface area contributed by atoms with E-state index in [2.05, 4.69) is 9.47 Å². The first-order chi connectivity index (χ1) is 8.31. The molecule has 7 heteroatoms. The van der Waals surface area contributed by atoms with Crippen LogP contribution in [0.15, 0.2) is 24.3 Å². The van der Waals surface area contributed by atoms with Gasteiger partial charge in [0.2, 0.25) is 0 Å². The number of halogens is 3. The Bertz CT molecular complexity index is 469. The zero-order chi connectivity index (χ0) is 13.8. The Labute approximate surface area is 101 Å². The molecule has 0 spiro atoms. The molecule has 0 fully saturated rings. The number of nitrogens with two attached hydrogens (primary N) is 1. The van der Waals surface area contributed by atoms with E-state index in [-0.39, 0.29) is 11.3 Å². The molecule has 0 aliphatic heterocycles. The van der Waals surface area contributed by atoms with E-state index in [4.69, 9.17) is 5.73 Å². The summed E-state index contributed by atoms with van der Waals surface area (Å²) in [6.45, 7) is 0. The number of rotatable bonds is 3. The van der Waals surface area contributed by atoms with Crippen LogP contribution in [0.5, 0.6) is 5.75 Å². The predicted octanol–water partition coefficient (Wildman–Crippen LogP) is 2.35. The number of ether oxygens (including phenoxy) is 2. The molecule has 0 aliphatic carbocycles. The number of anilines is 1. The summed E-state index contributed by atoms with van der Waals surface area (Å²) in [5.41, 5.74) is 5.98. The van der Waals surface area contributed by atoms with Gasteiger partial charge < -0.3 is 15.2 Å². The molecule has 0 aliphatic rings. The van der Waals surface area contributed by atoms with Crippen LogP contribution in [0.1, 0.15) is 5.56 Å². The van der Waals surface area contributed by atoms with Crippen LogP contribution in [0.4, 0.5) is 18.9 Å². The number of esters is 1. The van der Waals surface area contributed by atoms with Crippen molar-refractivity contribution in [3.63, 3.8) is 0 Å². The van der Waals surface area contributed by atoms with Gasteiger partial charge in [0.25, 0.3) is 0 Å². The van der Waals surface area contributed by atoms with Crippen LogP contribution in [0.3, 0.4) is 0 Å². The third-order valence-corrected chi connectivity index (χ3v) is 1.89. The number of benzene rings is 1. The fourth-order valence-corrected chi connectivity index (χ4v) is 1.12. The van der Waals surface area contributed by atoms with Crippen molar-refractivity contribution in [1.82, 2.24) is 0 Å². The van der Waals surface area contributed by atoms with Gasteiger partial charge in [0.15, 0.2) is 0 Å².